The van der Waals surface area contributed by atoms with E-state index in [4.69, 9.17) is 0 Å². The zero-order valence-corrected chi connectivity index (χ0v) is 22.5. The molecule has 0 N–H and O–H groups in total. The zero-order chi connectivity index (χ0) is 25.5. The Labute approximate surface area is 217 Å². The second-order valence-electron chi connectivity index (χ2n) is 12.0. The molecule has 0 saturated heterocycles. The van der Waals surface area contributed by atoms with Crippen LogP contribution in [-0.4, -0.2) is 0 Å². The minimum absolute atomic E-state index is 0.129. The van der Waals surface area contributed by atoms with Gasteiger partial charge in [0.2, 0.25) is 0 Å². The number of hydrogen-bond acceptors (Lipinski definition) is 1. The van der Waals surface area contributed by atoms with Crippen molar-refractivity contribution in [1.29, 1.82) is 0 Å². The van der Waals surface area contributed by atoms with Gasteiger partial charge in [0.25, 0.3) is 0 Å². The topological polar surface area (TPSA) is 3.24 Å². The molecule has 0 fully saturated rings. The highest BCUT2D eigenvalue weighted by molar-refractivity contribution is 5.90. The quantitative estimate of drug-likeness (QED) is 0.286. The van der Waals surface area contributed by atoms with E-state index in [9.17, 15) is 0 Å². The summed E-state index contributed by atoms with van der Waals surface area (Å²) in [6, 6.07) is 35.8. The lowest BCUT2D eigenvalue weighted by Crippen LogP contribution is -2.14. The van der Waals surface area contributed by atoms with E-state index in [0.717, 1.165) is 6.42 Å². The Hall–Kier alpha value is -3.58. The van der Waals surface area contributed by atoms with Gasteiger partial charge in [0.15, 0.2) is 0 Å². The van der Waals surface area contributed by atoms with Gasteiger partial charge in [-0.1, -0.05) is 108 Å². The van der Waals surface area contributed by atoms with Crippen molar-refractivity contribution in [3.8, 4) is 0 Å². The molecule has 4 aromatic rings. The summed E-state index contributed by atoms with van der Waals surface area (Å²) in [7, 11) is 0. The molecular formula is C35H37N. The fourth-order valence-electron chi connectivity index (χ4n) is 4.97. The summed E-state index contributed by atoms with van der Waals surface area (Å²) in [6.07, 6.45) is 3.35. The summed E-state index contributed by atoms with van der Waals surface area (Å²) in [5.41, 5.74) is 11.9. The van der Waals surface area contributed by atoms with E-state index in [2.05, 4.69) is 150 Å². The van der Waals surface area contributed by atoms with Crippen LogP contribution in [0.2, 0.25) is 0 Å². The molecule has 0 atom stereocenters. The summed E-state index contributed by atoms with van der Waals surface area (Å²) in [4.78, 5) is 2.38. The van der Waals surface area contributed by atoms with Crippen molar-refractivity contribution in [2.45, 2.75) is 58.8 Å². The third-order valence-electron chi connectivity index (χ3n) is 7.23. The molecule has 0 unspecified atom stereocenters. The molecule has 182 valence electrons. The van der Waals surface area contributed by atoms with Crippen LogP contribution in [0.1, 0.15) is 69.4 Å². The molecule has 0 aromatic heterocycles. The largest absolute Gasteiger partial charge is 0.310 e. The van der Waals surface area contributed by atoms with E-state index in [0.29, 0.717) is 0 Å². The van der Waals surface area contributed by atoms with E-state index in [1.54, 1.807) is 0 Å². The third kappa shape index (κ3) is 4.88. The zero-order valence-electron chi connectivity index (χ0n) is 22.5. The highest BCUT2D eigenvalue weighted by Gasteiger charge is 2.20. The van der Waals surface area contributed by atoms with Crippen LogP contribution < -0.4 is 4.90 Å². The molecule has 0 saturated carbocycles. The highest BCUT2D eigenvalue weighted by Crippen LogP contribution is 2.40. The van der Waals surface area contributed by atoms with Gasteiger partial charge in [0.05, 0.1) is 0 Å². The Kier molecular flexibility index (Phi) is 6.12. The van der Waals surface area contributed by atoms with Crippen molar-refractivity contribution in [1.82, 2.24) is 0 Å². The SMILES string of the molecule is CC(C)(C)c1ccc(N(c2ccc(C(C)(C)C)cc2)c2ccc3c(c2)C=C(c2ccccc2)C3)cc1. The molecule has 1 aliphatic carbocycles. The second kappa shape index (κ2) is 9.13. The number of fused-ring (bicyclic) bond motifs is 1. The van der Waals surface area contributed by atoms with Gasteiger partial charge in [-0.2, -0.15) is 0 Å². The van der Waals surface area contributed by atoms with E-state index >= 15 is 0 Å². The smallest absolute Gasteiger partial charge is 0.0467 e. The summed E-state index contributed by atoms with van der Waals surface area (Å²) in [6.45, 7) is 13.6. The lowest BCUT2D eigenvalue weighted by atomic mass is 9.86. The van der Waals surface area contributed by atoms with E-state index in [1.807, 2.05) is 0 Å². The van der Waals surface area contributed by atoms with Crippen LogP contribution in [0.4, 0.5) is 17.1 Å². The molecule has 0 spiro atoms. The molecule has 4 aromatic carbocycles. The van der Waals surface area contributed by atoms with E-state index in [1.165, 1.54) is 50.5 Å². The maximum absolute atomic E-state index is 2.38. The average Bonchev–Trinajstić information content (AvgIpc) is 3.28. The maximum Gasteiger partial charge on any atom is 0.0467 e. The van der Waals surface area contributed by atoms with Crippen molar-refractivity contribution in [3.63, 3.8) is 0 Å². The minimum atomic E-state index is 0.129. The summed E-state index contributed by atoms with van der Waals surface area (Å²) < 4.78 is 0. The van der Waals surface area contributed by atoms with Crippen LogP contribution in [-0.2, 0) is 17.3 Å². The van der Waals surface area contributed by atoms with Gasteiger partial charge in [0, 0.05) is 17.1 Å². The van der Waals surface area contributed by atoms with Crippen LogP contribution in [0, 0.1) is 0 Å². The molecule has 0 radical (unpaired) electrons. The molecule has 0 bridgehead atoms. The molecule has 1 heteroatoms. The van der Waals surface area contributed by atoms with Gasteiger partial charge in [-0.05, 0) is 87.0 Å². The summed E-state index contributed by atoms with van der Waals surface area (Å²) in [5, 5.41) is 0. The predicted octanol–water partition coefficient (Wildman–Crippen LogP) is 9.85. The monoisotopic (exact) mass is 471 g/mol. The Morgan fingerprint density at radius 3 is 1.56 bits per heavy atom. The highest BCUT2D eigenvalue weighted by atomic mass is 15.1. The molecule has 0 amide bonds. The molecular weight excluding hydrogens is 434 g/mol. The molecule has 1 nitrogen and oxygen atoms in total. The standard InChI is InChI=1S/C35H37N/c1-34(2,3)29-13-18-31(19-14-29)36(32-20-15-30(16-21-32)35(4,5)6)33-17-12-26-22-27(23-28(26)24-33)25-10-8-7-9-11-25/h7-21,23-24H,22H2,1-6H3. The van der Waals surface area contributed by atoms with Crippen molar-refractivity contribution < 1.29 is 0 Å². The van der Waals surface area contributed by atoms with E-state index in [-0.39, 0.29) is 10.8 Å². The Morgan fingerprint density at radius 1 is 0.556 bits per heavy atom. The first-order chi connectivity index (χ1) is 17.1. The normalized spacial score (nSPS) is 13.3. The number of benzene rings is 4. The lowest BCUT2D eigenvalue weighted by molar-refractivity contribution is 0.590. The van der Waals surface area contributed by atoms with Crippen molar-refractivity contribution in [2.24, 2.45) is 0 Å². The van der Waals surface area contributed by atoms with E-state index < -0.39 is 0 Å². The maximum atomic E-state index is 2.38. The van der Waals surface area contributed by atoms with Gasteiger partial charge in [-0.25, -0.2) is 0 Å². The Morgan fingerprint density at radius 2 is 1.06 bits per heavy atom. The molecule has 0 aliphatic heterocycles. The number of rotatable bonds is 4. The fourth-order valence-corrected chi connectivity index (χ4v) is 4.97. The van der Waals surface area contributed by atoms with Gasteiger partial charge in [0.1, 0.15) is 0 Å². The Balaban J connectivity index is 1.57. The van der Waals surface area contributed by atoms with Gasteiger partial charge in [-0.3, -0.25) is 0 Å². The van der Waals surface area contributed by atoms with Gasteiger partial charge in [-0.15, -0.1) is 0 Å². The molecule has 0 heterocycles. The Bertz CT molecular complexity index is 1320. The van der Waals surface area contributed by atoms with Crippen molar-refractivity contribution in [2.75, 3.05) is 4.90 Å². The number of hydrogen-bond donors (Lipinski definition) is 0. The molecule has 36 heavy (non-hydrogen) atoms. The lowest BCUT2D eigenvalue weighted by Gasteiger charge is -2.28. The number of nitrogens with zero attached hydrogens (tertiary/aromatic N) is 1. The first kappa shape index (κ1) is 24.1. The number of allylic oxidation sites excluding steroid dienone is 1. The van der Waals surface area contributed by atoms with Crippen LogP contribution >= 0.6 is 0 Å². The van der Waals surface area contributed by atoms with Crippen LogP contribution in [0.15, 0.2) is 97.1 Å². The first-order valence-electron chi connectivity index (χ1n) is 13.0. The summed E-state index contributed by atoms with van der Waals surface area (Å²) >= 11 is 0. The third-order valence-corrected chi connectivity index (χ3v) is 7.23. The van der Waals surface area contributed by atoms with Gasteiger partial charge >= 0.3 is 0 Å². The molecule has 5 rings (SSSR count). The molecule has 1 aliphatic rings. The minimum Gasteiger partial charge on any atom is -0.310 e. The average molecular weight is 472 g/mol. The number of anilines is 3. The van der Waals surface area contributed by atoms with Crippen LogP contribution in [0.5, 0.6) is 0 Å². The van der Waals surface area contributed by atoms with Gasteiger partial charge < -0.3 is 4.90 Å². The van der Waals surface area contributed by atoms with Crippen molar-refractivity contribution >= 4 is 28.7 Å². The van der Waals surface area contributed by atoms with Crippen molar-refractivity contribution in [3.05, 3.63) is 125 Å². The first-order valence-corrected chi connectivity index (χ1v) is 13.0. The van der Waals surface area contributed by atoms with Crippen LogP contribution in [0.25, 0.3) is 11.6 Å². The second-order valence-corrected chi connectivity index (χ2v) is 12.0. The fraction of sp³-hybridized carbons (Fsp3) is 0.257. The van der Waals surface area contributed by atoms with Crippen LogP contribution in [0.3, 0.4) is 0 Å². The predicted molar refractivity (Wildman–Crippen MR) is 157 cm³/mol. The summed E-state index contributed by atoms with van der Waals surface area (Å²) in [5.74, 6) is 0.